The molecular weight excluding hydrogens is 284 g/mol. The Kier molecular flexibility index (Phi) is 3.99. The van der Waals surface area contributed by atoms with Crippen LogP contribution in [-0.4, -0.2) is 14.5 Å². The van der Waals surface area contributed by atoms with E-state index in [1.54, 1.807) is 11.5 Å². The zero-order valence-electron chi connectivity index (χ0n) is 11.4. The standard InChI is InChI=1S/C13H15F2N3OS/c1-4-7(3)18-11-9(12(19)17-13(18)20)8(10(14)15)5-6(2)16-11/h5,7,10H,4H2,1-3H3,(H,17,19,20). The summed E-state index contributed by atoms with van der Waals surface area (Å²) in [6.07, 6.45) is -1.99. The van der Waals surface area contributed by atoms with Crippen LogP contribution in [0.2, 0.25) is 0 Å². The molecule has 1 N–H and O–H groups in total. The predicted octanol–water partition coefficient (Wildman–Crippen LogP) is 3.67. The van der Waals surface area contributed by atoms with E-state index < -0.39 is 12.0 Å². The first-order chi connectivity index (χ1) is 9.36. The molecule has 2 aromatic rings. The Hall–Kier alpha value is -1.63. The van der Waals surface area contributed by atoms with Crippen molar-refractivity contribution in [2.24, 2.45) is 0 Å². The maximum absolute atomic E-state index is 13.2. The van der Waals surface area contributed by atoms with Gasteiger partial charge in [-0.25, -0.2) is 13.8 Å². The molecule has 108 valence electrons. The molecule has 7 heteroatoms. The number of pyridine rings is 1. The Morgan fingerprint density at radius 1 is 1.50 bits per heavy atom. The van der Waals surface area contributed by atoms with Gasteiger partial charge in [-0.1, -0.05) is 6.92 Å². The first-order valence-electron chi connectivity index (χ1n) is 6.31. The highest BCUT2D eigenvalue weighted by Gasteiger charge is 2.20. The van der Waals surface area contributed by atoms with Crippen molar-refractivity contribution in [3.8, 4) is 0 Å². The number of aryl methyl sites for hydroxylation is 1. The molecular formula is C13H15F2N3OS. The Labute approximate surface area is 119 Å². The minimum absolute atomic E-state index is 0.0401. The fourth-order valence-electron chi connectivity index (χ4n) is 2.17. The summed E-state index contributed by atoms with van der Waals surface area (Å²) in [4.78, 5) is 18.7. The van der Waals surface area contributed by atoms with Crippen LogP contribution in [0.15, 0.2) is 10.9 Å². The van der Waals surface area contributed by atoms with Gasteiger partial charge in [0, 0.05) is 17.3 Å². The van der Waals surface area contributed by atoms with E-state index in [-0.39, 0.29) is 27.4 Å². The van der Waals surface area contributed by atoms with Gasteiger partial charge in [0.25, 0.3) is 12.0 Å². The summed E-state index contributed by atoms with van der Waals surface area (Å²) in [7, 11) is 0. The Morgan fingerprint density at radius 3 is 2.70 bits per heavy atom. The molecule has 0 aliphatic heterocycles. The van der Waals surface area contributed by atoms with Crippen LogP contribution in [0.25, 0.3) is 11.0 Å². The normalized spacial score (nSPS) is 13.1. The molecule has 0 radical (unpaired) electrons. The summed E-state index contributed by atoms with van der Waals surface area (Å²) in [6.45, 7) is 5.48. The number of nitrogens with one attached hydrogen (secondary N) is 1. The SMILES string of the molecule is CCC(C)n1c(=S)[nH]c(=O)c2c(C(F)F)cc(C)nc21. The molecule has 1 atom stereocenters. The minimum atomic E-state index is -2.73. The number of alkyl halides is 2. The monoisotopic (exact) mass is 299 g/mol. The maximum Gasteiger partial charge on any atom is 0.264 e. The largest absolute Gasteiger partial charge is 0.300 e. The molecule has 0 aliphatic rings. The van der Waals surface area contributed by atoms with Crippen molar-refractivity contribution in [3.05, 3.63) is 32.4 Å². The van der Waals surface area contributed by atoms with Gasteiger partial charge in [-0.15, -0.1) is 0 Å². The molecule has 20 heavy (non-hydrogen) atoms. The van der Waals surface area contributed by atoms with Gasteiger partial charge in [0.1, 0.15) is 5.65 Å². The first kappa shape index (κ1) is 14.8. The first-order valence-corrected chi connectivity index (χ1v) is 6.71. The zero-order valence-corrected chi connectivity index (χ0v) is 12.2. The van der Waals surface area contributed by atoms with Crippen LogP contribution in [0.3, 0.4) is 0 Å². The van der Waals surface area contributed by atoms with E-state index >= 15 is 0 Å². The van der Waals surface area contributed by atoms with Crippen molar-refractivity contribution >= 4 is 23.3 Å². The molecule has 0 bridgehead atoms. The van der Waals surface area contributed by atoms with Crippen LogP contribution in [0.4, 0.5) is 8.78 Å². The van der Waals surface area contributed by atoms with Crippen LogP contribution < -0.4 is 5.56 Å². The highest BCUT2D eigenvalue weighted by molar-refractivity contribution is 7.71. The van der Waals surface area contributed by atoms with Gasteiger partial charge in [-0.05, 0) is 38.6 Å². The summed E-state index contributed by atoms with van der Waals surface area (Å²) in [5.74, 6) is 0. The topological polar surface area (TPSA) is 50.7 Å². The van der Waals surface area contributed by atoms with E-state index in [4.69, 9.17) is 12.2 Å². The van der Waals surface area contributed by atoms with Crippen molar-refractivity contribution in [2.45, 2.75) is 39.7 Å². The number of hydrogen-bond acceptors (Lipinski definition) is 3. The van der Waals surface area contributed by atoms with E-state index in [1.165, 1.54) is 6.07 Å². The summed E-state index contributed by atoms with van der Waals surface area (Å²) < 4.78 is 28.1. The molecule has 4 nitrogen and oxygen atoms in total. The smallest absolute Gasteiger partial charge is 0.264 e. The van der Waals surface area contributed by atoms with Crippen LogP contribution >= 0.6 is 12.2 Å². The molecule has 0 saturated heterocycles. The van der Waals surface area contributed by atoms with Crippen molar-refractivity contribution in [3.63, 3.8) is 0 Å². The van der Waals surface area contributed by atoms with Gasteiger partial charge in [-0.3, -0.25) is 14.3 Å². The van der Waals surface area contributed by atoms with E-state index in [1.807, 2.05) is 13.8 Å². The highest BCUT2D eigenvalue weighted by Crippen LogP contribution is 2.27. The summed E-state index contributed by atoms with van der Waals surface area (Å²) in [6, 6.07) is 1.20. The quantitative estimate of drug-likeness (QED) is 0.880. The fourth-order valence-corrected chi connectivity index (χ4v) is 2.53. The van der Waals surface area contributed by atoms with E-state index in [0.717, 1.165) is 6.42 Å². The van der Waals surface area contributed by atoms with Gasteiger partial charge >= 0.3 is 0 Å². The van der Waals surface area contributed by atoms with E-state index in [9.17, 15) is 13.6 Å². The van der Waals surface area contributed by atoms with Crippen molar-refractivity contribution < 1.29 is 8.78 Å². The van der Waals surface area contributed by atoms with Crippen LogP contribution in [0.5, 0.6) is 0 Å². The van der Waals surface area contributed by atoms with Gasteiger partial charge in [0.05, 0.1) is 5.39 Å². The number of hydrogen-bond donors (Lipinski definition) is 1. The van der Waals surface area contributed by atoms with Crippen LogP contribution in [0, 0.1) is 11.7 Å². The molecule has 2 heterocycles. The number of fused-ring (bicyclic) bond motifs is 1. The zero-order chi connectivity index (χ0) is 15.0. The fraction of sp³-hybridized carbons (Fsp3) is 0.462. The number of nitrogens with zero attached hydrogens (tertiary/aromatic N) is 2. The predicted molar refractivity (Wildman–Crippen MR) is 75.9 cm³/mol. The lowest BCUT2D eigenvalue weighted by atomic mass is 10.1. The molecule has 2 aromatic heterocycles. The lowest BCUT2D eigenvalue weighted by Gasteiger charge is -2.17. The molecule has 1 unspecified atom stereocenters. The number of rotatable bonds is 3. The second kappa shape index (κ2) is 5.40. The average Bonchev–Trinajstić information content (AvgIpc) is 2.36. The molecule has 0 fully saturated rings. The Morgan fingerprint density at radius 2 is 2.15 bits per heavy atom. The summed E-state index contributed by atoms with van der Waals surface area (Å²) in [5.41, 5.74) is -0.263. The molecule has 0 saturated carbocycles. The molecule has 0 amide bonds. The van der Waals surface area contributed by atoms with Gasteiger partial charge in [-0.2, -0.15) is 0 Å². The number of H-pyrrole nitrogens is 1. The average molecular weight is 299 g/mol. The highest BCUT2D eigenvalue weighted by atomic mass is 32.1. The number of aromatic amines is 1. The molecule has 0 aromatic carbocycles. The molecule has 0 aliphatic carbocycles. The minimum Gasteiger partial charge on any atom is -0.300 e. The summed E-state index contributed by atoms with van der Waals surface area (Å²) >= 11 is 5.14. The van der Waals surface area contributed by atoms with E-state index in [2.05, 4.69) is 9.97 Å². The third kappa shape index (κ3) is 2.37. The lowest BCUT2D eigenvalue weighted by molar-refractivity contribution is 0.153. The summed E-state index contributed by atoms with van der Waals surface area (Å²) in [5, 5.41) is -0.0838. The third-order valence-corrected chi connectivity index (χ3v) is 3.62. The second-order valence-electron chi connectivity index (χ2n) is 4.74. The molecule has 2 rings (SSSR count). The lowest BCUT2D eigenvalue weighted by Crippen LogP contribution is -2.19. The number of halogens is 2. The van der Waals surface area contributed by atoms with Crippen molar-refractivity contribution in [2.75, 3.05) is 0 Å². The van der Waals surface area contributed by atoms with Gasteiger partial charge in [0.15, 0.2) is 4.77 Å². The van der Waals surface area contributed by atoms with Crippen LogP contribution in [0.1, 0.15) is 44.0 Å². The van der Waals surface area contributed by atoms with Gasteiger partial charge in [0.2, 0.25) is 0 Å². The second-order valence-corrected chi connectivity index (χ2v) is 5.13. The van der Waals surface area contributed by atoms with Crippen LogP contribution in [-0.2, 0) is 0 Å². The molecule has 0 spiro atoms. The maximum atomic E-state index is 13.2. The number of aromatic nitrogens is 3. The Bertz CT molecular complexity index is 767. The van der Waals surface area contributed by atoms with Crippen molar-refractivity contribution in [1.29, 1.82) is 0 Å². The van der Waals surface area contributed by atoms with Gasteiger partial charge < -0.3 is 0 Å². The van der Waals surface area contributed by atoms with E-state index in [0.29, 0.717) is 5.69 Å². The Balaban J connectivity index is 3.03. The van der Waals surface area contributed by atoms with Crippen molar-refractivity contribution in [1.82, 2.24) is 14.5 Å². The third-order valence-electron chi connectivity index (χ3n) is 3.32.